The maximum absolute atomic E-state index is 5.88. The summed E-state index contributed by atoms with van der Waals surface area (Å²) in [5.74, 6) is 1.48. The van der Waals surface area contributed by atoms with Gasteiger partial charge in [-0.1, -0.05) is 13.3 Å². The number of pyridine rings is 1. The molecular weight excluding hydrogens is 296 g/mol. The highest BCUT2D eigenvalue weighted by atomic mass is 79.9. The maximum Gasteiger partial charge on any atom is 0.0963 e. The summed E-state index contributed by atoms with van der Waals surface area (Å²) in [6, 6.07) is 4.14. The summed E-state index contributed by atoms with van der Waals surface area (Å²) in [6.45, 7) is 3.15. The van der Waals surface area contributed by atoms with Gasteiger partial charge in [-0.05, 0) is 59.3 Å². The van der Waals surface area contributed by atoms with Crippen molar-refractivity contribution >= 4 is 27.7 Å². The van der Waals surface area contributed by atoms with Gasteiger partial charge in [-0.25, -0.2) is 4.98 Å². The summed E-state index contributed by atoms with van der Waals surface area (Å²) < 4.78 is 1.04. The number of rotatable bonds is 3. The molecule has 1 fully saturated rings. The molecule has 0 amide bonds. The maximum atomic E-state index is 5.88. The predicted octanol–water partition coefficient (Wildman–Crippen LogP) is 3.70. The summed E-state index contributed by atoms with van der Waals surface area (Å²) in [5.41, 5.74) is 5.88. The topological polar surface area (TPSA) is 38.9 Å². The molecule has 0 aromatic carbocycles. The number of aromatic nitrogens is 1. The van der Waals surface area contributed by atoms with Crippen molar-refractivity contribution in [3.63, 3.8) is 0 Å². The van der Waals surface area contributed by atoms with Gasteiger partial charge < -0.3 is 5.73 Å². The van der Waals surface area contributed by atoms with E-state index in [0.717, 1.165) is 22.0 Å². The number of nitrogens with zero attached hydrogens (tertiary/aromatic N) is 1. The van der Waals surface area contributed by atoms with Crippen LogP contribution in [-0.2, 0) is 0 Å². The zero-order valence-electron chi connectivity index (χ0n) is 10.1. The van der Waals surface area contributed by atoms with Crippen LogP contribution < -0.4 is 5.73 Å². The summed E-state index contributed by atoms with van der Waals surface area (Å²) in [7, 11) is 0. The monoisotopic (exact) mass is 314 g/mol. The average Bonchev–Trinajstić information content (AvgIpc) is 2.32. The Hall–Kier alpha value is -0.0600. The second kappa shape index (κ2) is 6.21. The van der Waals surface area contributed by atoms with Crippen LogP contribution >= 0.6 is 27.7 Å². The van der Waals surface area contributed by atoms with Crippen LogP contribution in [0.15, 0.2) is 27.8 Å². The first kappa shape index (κ1) is 13.4. The molecule has 1 saturated carbocycles. The Morgan fingerprint density at radius 3 is 2.94 bits per heavy atom. The fourth-order valence-electron chi connectivity index (χ4n) is 2.39. The SMILES string of the molecule is CC1CCC(CN)C(Sc2ccc(Br)cn2)C1. The molecule has 3 unspecified atom stereocenters. The van der Waals surface area contributed by atoms with Gasteiger partial charge in [0.2, 0.25) is 0 Å². The van der Waals surface area contributed by atoms with E-state index < -0.39 is 0 Å². The Kier molecular flexibility index (Phi) is 4.88. The molecule has 1 aliphatic carbocycles. The lowest BCUT2D eigenvalue weighted by atomic mass is 9.82. The van der Waals surface area contributed by atoms with Crippen LogP contribution in [-0.4, -0.2) is 16.8 Å². The van der Waals surface area contributed by atoms with Gasteiger partial charge in [-0.3, -0.25) is 0 Å². The van der Waals surface area contributed by atoms with Crippen molar-refractivity contribution in [3.8, 4) is 0 Å². The number of hydrogen-bond donors (Lipinski definition) is 1. The van der Waals surface area contributed by atoms with Crippen LogP contribution in [0.4, 0.5) is 0 Å². The minimum atomic E-state index is 0.637. The second-order valence-corrected chi connectivity index (χ2v) is 7.06. The largest absolute Gasteiger partial charge is 0.330 e. The highest BCUT2D eigenvalue weighted by Gasteiger charge is 2.28. The summed E-state index contributed by atoms with van der Waals surface area (Å²) in [6.07, 6.45) is 5.73. The van der Waals surface area contributed by atoms with Crippen LogP contribution in [0, 0.1) is 11.8 Å². The van der Waals surface area contributed by atoms with E-state index in [4.69, 9.17) is 5.73 Å². The van der Waals surface area contributed by atoms with Crippen LogP contribution in [0.1, 0.15) is 26.2 Å². The van der Waals surface area contributed by atoms with Gasteiger partial charge in [-0.2, -0.15) is 0 Å². The molecule has 1 heterocycles. The van der Waals surface area contributed by atoms with Gasteiger partial charge in [0.25, 0.3) is 0 Å². The molecule has 2 rings (SSSR count). The fraction of sp³-hybridized carbons (Fsp3) is 0.615. The van der Waals surface area contributed by atoms with Crippen LogP contribution in [0.3, 0.4) is 0 Å². The van der Waals surface area contributed by atoms with Crippen molar-refractivity contribution in [1.82, 2.24) is 4.98 Å². The van der Waals surface area contributed by atoms with E-state index in [1.54, 1.807) is 0 Å². The summed E-state index contributed by atoms with van der Waals surface area (Å²) in [5, 5.41) is 1.75. The molecule has 17 heavy (non-hydrogen) atoms. The average molecular weight is 315 g/mol. The first-order valence-electron chi connectivity index (χ1n) is 6.17. The molecule has 0 aliphatic heterocycles. The van der Waals surface area contributed by atoms with Crippen molar-refractivity contribution in [2.24, 2.45) is 17.6 Å². The van der Waals surface area contributed by atoms with E-state index in [1.165, 1.54) is 19.3 Å². The van der Waals surface area contributed by atoms with Crippen molar-refractivity contribution < 1.29 is 0 Å². The first-order chi connectivity index (χ1) is 8.19. The molecule has 1 aromatic rings. The molecule has 0 saturated heterocycles. The molecular formula is C13H19BrN2S. The van der Waals surface area contributed by atoms with E-state index in [9.17, 15) is 0 Å². The Bertz CT molecular complexity index is 355. The van der Waals surface area contributed by atoms with Gasteiger partial charge in [0.05, 0.1) is 5.03 Å². The molecule has 0 bridgehead atoms. The molecule has 1 aliphatic rings. The Morgan fingerprint density at radius 2 is 2.29 bits per heavy atom. The van der Waals surface area contributed by atoms with Gasteiger partial charge in [0.15, 0.2) is 0 Å². The lowest BCUT2D eigenvalue weighted by Crippen LogP contribution is -2.31. The smallest absolute Gasteiger partial charge is 0.0963 e. The highest BCUT2D eigenvalue weighted by molar-refractivity contribution is 9.10. The lowest BCUT2D eigenvalue weighted by Gasteiger charge is -2.33. The zero-order valence-corrected chi connectivity index (χ0v) is 12.5. The van der Waals surface area contributed by atoms with E-state index >= 15 is 0 Å². The van der Waals surface area contributed by atoms with Crippen molar-refractivity contribution in [3.05, 3.63) is 22.8 Å². The lowest BCUT2D eigenvalue weighted by molar-refractivity contribution is 0.306. The molecule has 0 radical (unpaired) electrons. The van der Waals surface area contributed by atoms with Gasteiger partial charge >= 0.3 is 0 Å². The first-order valence-corrected chi connectivity index (χ1v) is 7.84. The molecule has 0 spiro atoms. The van der Waals surface area contributed by atoms with Crippen molar-refractivity contribution in [2.75, 3.05) is 6.54 Å². The molecule has 2 N–H and O–H groups in total. The number of hydrogen-bond acceptors (Lipinski definition) is 3. The number of halogens is 1. The third-order valence-electron chi connectivity index (χ3n) is 3.47. The predicted molar refractivity (Wildman–Crippen MR) is 77.1 cm³/mol. The second-order valence-electron chi connectivity index (χ2n) is 4.88. The van der Waals surface area contributed by atoms with Gasteiger partial charge in [0.1, 0.15) is 0 Å². The third kappa shape index (κ3) is 3.70. The molecule has 94 valence electrons. The van der Waals surface area contributed by atoms with Crippen LogP contribution in [0.5, 0.6) is 0 Å². The molecule has 3 atom stereocenters. The molecule has 2 nitrogen and oxygen atoms in total. The van der Waals surface area contributed by atoms with Crippen molar-refractivity contribution in [1.29, 1.82) is 0 Å². The van der Waals surface area contributed by atoms with Crippen LogP contribution in [0.25, 0.3) is 0 Å². The van der Waals surface area contributed by atoms with Crippen molar-refractivity contribution in [2.45, 2.75) is 36.5 Å². The van der Waals surface area contributed by atoms with E-state index in [0.29, 0.717) is 11.2 Å². The number of thioether (sulfide) groups is 1. The van der Waals surface area contributed by atoms with Gasteiger partial charge in [-0.15, -0.1) is 11.8 Å². The summed E-state index contributed by atoms with van der Waals surface area (Å²) >= 11 is 5.31. The highest BCUT2D eigenvalue weighted by Crippen LogP contribution is 2.38. The number of nitrogens with two attached hydrogens (primary N) is 1. The molecule has 4 heteroatoms. The van der Waals surface area contributed by atoms with Crippen LogP contribution in [0.2, 0.25) is 0 Å². The fourth-order valence-corrected chi connectivity index (χ4v) is 4.06. The molecule has 1 aromatic heterocycles. The Balaban J connectivity index is 2.02. The zero-order chi connectivity index (χ0) is 12.3. The normalized spacial score (nSPS) is 29.2. The minimum absolute atomic E-state index is 0.637. The Morgan fingerprint density at radius 1 is 1.47 bits per heavy atom. The van der Waals surface area contributed by atoms with Gasteiger partial charge in [0, 0.05) is 15.9 Å². The van der Waals surface area contributed by atoms with E-state index in [-0.39, 0.29) is 0 Å². The quantitative estimate of drug-likeness (QED) is 0.924. The Labute approximate surface area is 116 Å². The summed E-state index contributed by atoms with van der Waals surface area (Å²) in [4.78, 5) is 4.44. The standard InChI is InChI=1S/C13H19BrN2S/c1-9-2-3-10(7-15)12(6-9)17-13-5-4-11(14)8-16-13/h4-5,8-10,12H,2-3,6-7,15H2,1H3. The minimum Gasteiger partial charge on any atom is -0.330 e. The van der Waals surface area contributed by atoms with E-state index in [1.807, 2.05) is 18.0 Å². The van der Waals surface area contributed by atoms with E-state index in [2.05, 4.69) is 40.0 Å². The third-order valence-corrected chi connectivity index (χ3v) is 5.30.